The zero-order chi connectivity index (χ0) is 16.2. The number of carbonyl (C=O) groups excluding carboxylic acids is 1. The van der Waals surface area contributed by atoms with Crippen LogP contribution in [0.2, 0.25) is 0 Å². The molecule has 5 heteroatoms. The van der Waals surface area contributed by atoms with Crippen LogP contribution in [0.5, 0.6) is 0 Å². The van der Waals surface area contributed by atoms with E-state index in [-0.39, 0.29) is 17.7 Å². The van der Waals surface area contributed by atoms with Gasteiger partial charge in [0.2, 0.25) is 5.91 Å². The minimum Gasteiger partial charge on any atom is -0.481 e. The fourth-order valence-corrected chi connectivity index (χ4v) is 1.60. The Bertz CT molecular complexity index is 355. The average molecular weight is 286 g/mol. The first kappa shape index (κ1) is 18.9. The van der Waals surface area contributed by atoms with E-state index in [0.717, 1.165) is 6.42 Å². The lowest BCUT2D eigenvalue weighted by Crippen LogP contribution is -2.55. The van der Waals surface area contributed by atoms with E-state index in [1.165, 1.54) is 0 Å². The summed E-state index contributed by atoms with van der Waals surface area (Å²) < 4.78 is 0. The molecule has 1 amide bonds. The van der Waals surface area contributed by atoms with Crippen LogP contribution in [0.3, 0.4) is 0 Å². The highest BCUT2D eigenvalue weighted by Crippen LogP contribution is 2.29. The summed E-state index contributed by atoms with van der Waals surface area (Å²) in [5.74, 6) is -0.854. The minimum absolute atomic E-state index is 0.0703. The predicted octanol–water partition coefficient (Wildman–Crippen LogP) is 2.15. The molecule has 0 aliphatic carbocycles. The fourth-order valence-electron chi connectivity index (χ4n) is 1.60. The molecule has 0 fully saturated rings. The van der Waals surface area contributed by atoms with Crippen molar-refractivity contribution >= 4 is 11.9 Å². The zero-order valence-corrected chi connectivity index (χ0v) is 13.7. The number of nitrogens with two attached hydrogens (primary N) is 1. The number of carbonyl (C=O) groups is 2. The third-order valence-corrected chi connectivity index (χ3v) is 4.28. The van der Waals surface area contributed by atoms with Crippen LogP contribution in [0.15, 0.2) is 0 Å². The van der Waals surface area contributed by atoms with Crippen molar-refractivity contribution in [2.75, 3.05) is 6.54 Å². The Morgan fingerprint density at radius 2 is 1.55 bits per heavy atom. The molecule has 0 aromatic heterocycles. The fraction of sp³-hybridized carbons (Fsp3) is 0.867. The quantitative estimate of drug-likeness (QED) is 0.637. The summed E-state index contributed by atoms with van der Waals surface area (Å²) in [6.07, 6.45) is 1.50. The molecule has 0 aromatic rings. The van der Waals surface area contributed by atoms with Crippen LogP contribution < -0.4 is 11.1 Å². The summed E-state index contributed by atoms with van der Waals surface area (Å²) in [5, 5.41) is 11.6. The SMILES string of the molecule is CC(C)(CCNC(=O)C(C)(C)C(C)(C)N)CCC(=O)O. The number of hydrogen-bond acceptors (Lipinski definition) is 3. The van der Waals surface area contributed by atoms with Crippen LogP contribution in [0.4, 0.5) is 0 Å². The van der Waals surface area contributed by atoms with Gasteiger partial charge >= 0.3 is 5.97 Å². The number of aliphatic carboxylic acids is 1. The average Bonchev–Trinajstić information content (AvgIpc) is 2.24. The Balaban J connectivity index is 4.31. The van der Waals surface area contributed by atoms with Crippen LogP contribution in [-0.4, -0.2) is 29.1 Å². The molecular weight excluding hydrogens is 256 g/mol. The smallest absolute Gasteiger partial charge is 0.303 e. The normalized spacial score (nSPS) is 13.2. The van der Waals surface area contributed by atoms with E-state index in [9.17, 15) is 9.59 Å². The number of rotatable bonds is 8. The summed E-state index contributed by atoms with van der Waals surface area (Å²) >= 11 is 0. The molecule has 0 aliphatic rings. The summed E-state index contributed by atoms with van der Waals surface area (Å²) in [4.78, 5) is 22.8. The molecule has 4 N–H and O–H groups in total. The highest BCUT2D eigenvalue weighted by molar-refractivity contribution is 5.83. The van der Waals surface area contributed by atoms with Gasteiger partial charge in [-0.1, -0.05) is 13.8 Å². The molecule has 20 heavy (non-hydrogen) atoms. The Kier molecular flexibility index (Phi) is 6.21. The van der Waals surface area contributed by atoms with Gasteiger partial charge in [0.25, 0.3) is 0 Å². The molecule has 0 unspecified atom stereocenters. The molecular formula is C15H30N2O3. The van der Waals surface area contributed by atoms with E-state index < -0.39 is 16.9 Å². The second-order valence-corrected chi connectivity index (χ2v) is 7.41. The Morgan fingerprint density at radius 3 is 1.95 bits per heavy atom. The van der Waals surface area contributed by atoms with Crippen molar-refractivity contribution in [3.8, 4) is 0 Å². The van der Waals surface area contributed by atoms with E-state index >= 15 is 0 Å². The van der Waals surface area contributed by atoms with E-state index in [2.05, 4.69) is 5.32 Å². The molecule has 118 valence electrons. The van der Waals surface area contributed by atoms with E-state index in [0.29, 0.717) is 13.0 Å². The highest BCUT2D eigenvalue weighted by Gasteiger charge is 2.40. The molecule has 0 aliphatic heterocycles. The summed E-state index contributed by atoms with van der Waals surface area (Å²) in [6, 6.07) is 0. The lowest BCUT2D eigenvalue weighted by molar-refractivity contribution is -0.138. The van der Waals surface area contributed by atoms with Gasteiger partial charge in [0.15, 0.2) is 0 Å². The molecule has 0 aromatic carbocycles. The standard InChI is InChI=1S/C15H30N2O3/c1-13(2,8-7-11(18)19)9-10-17-12(20)14(3,4)15(5,6)16/h7-10,16H2,1-6H3,(H,17,20)(H,18,19). The molecule has 0 heterocycles. The first-order chi connectivity index (χ1) is 8.79. The van der Waals surface area contributed by atoms with E-state index in [4.69, 9.17) is 10.8 Å². The molecule has 0 radical (unpaired) electrons. The van der Waals surface area contributed by atoms with Gasteiger partial charge in [-0.25, -0.2) is 0 Å². The van der Waals surface area contributed by atoms with Crippen molar-refractivity contribution in [1.29, 1.82) is 0 Å². The Hall–Kier alpha value is -1.10. The second-order valence-electron chi connectivity index (χ2n) is 7.41. The van der Waals surface area contributed by atoms with Crippen LogP contribution in [-0.2, 0) is 9.59 Å². The number of amides is 1. The summed E-state index contributed by atoms with van der Waals surface area (Å²) in [6.45, 7) is 11.9. The monoisotopic (exact) mass is 286 g/mol. The number of carboxylic acids is 1. The highest BCUT2D eigenvalue weighted by atomic mass is 16.4. The summed E-state index contributed by atoms with van der Waals surface area (Å²) in [7, 11) is 0. The molecule has 5 nitrogen and oxygen atoms in total. The third-order valence-electron chi connectivity index (χ3n) is 4.28. The maximum Gasteiger partial charge on any atom is 0.303 e. The zero-order valence-electron chi connectivity index (χ0n) is 13.7. The van der Waals surface area contributed by atoms with Crippen LogP contribution in [0, 0.1) is 10.8 Å². The molecule has 0 atom stereocenters. The largest absolute Gasteiger partial charge is 0.481 e. The minimum atomic E-state index is -0.784. The number of carboxylic acid groups (broad SMARTS) is 1. The van der Waals surface area contributed by atoms with Crippen molar-refractivity contribution in [2.24, 2.45) is 16.6 Å². The van der Waals surface area contributed by atoms with Crippen molar-refractivity contribution in [3.05, 3.63) is 0 Å². The van der Waals surface area contributed by atoms with Crippen molar-refractivity contribution in [2.45, 2.75) is 66.3 Å². The lowest BCUT2D eigenvalue weighted by atomic mass is 9.74. The first-order valence-corrected chi connectivity index (χ1v) is 7.08. The van der Waals surface area contributed by atoms with Crippen LogP contribution in [0.1, 0.15) is 60.8 Å². The second kappa shape index (κ2) is 6.57. The van der Waals surface area contributed by atoms with Crippen molar-refractivity contribution in [3.63, 3.8) is 0 Å². The van der Waals surface area contributed by atoms with Gasteiger partial charge in [0, 0.05) is 18.5 Å². The van der Waals surface area contributed by atoms with Crippen LogP contribution >= 0.6 is 0 Å². The third kappa shape index (κ3) is 5.90. The van der Waals surface area contributed by atoms with Gasteiger partial charge < -0.3 is 16.2 Å². The van der Waals surface area contributed by atoms with Gasteiger partial charge in [-0.15, -0.1) is 0 Å². The van der Waals surface area contributed by atoms with Crippen molar-refractivity contribution in [1.82, 2.24) is 5.32 Å². The van der Waals surface area contributed by atoms with Gasteiger partial charge in [0.1, 0.15) is 0 Å². The Morgan fingerprint density at radius 1 is 1.05 bits per heavy atom. The van der Waals surface area contributed by atoms with Gasteiger partial charge in [-0.05, 0) is 46.0 Å². The van der Waals surface area contributed by atoms with Gasteiger partial charge in [-0.3, -0.25) is 9.59 Å². The van der Waals surface area contributed by atoms with Gasteiger partial charge in [0.05, 0.1) is 5.41 Å². The molecule has 0 saturated heterocycles. The maximum atomic E-state index is 12.2. The topological polar surface area (TPSA) is 92.4 Å². The van der Waals surface area contributed by atoms with Crippen LogP contribution in [0.25, 0.3) is 0 Å². The maximum absolute atomic E-state index is 12.2. The number of hydrogen-bond donors (Lipinski definition) is 3. The first-order valence-electron chi connectivity index (χ1n) is 7.08. The molecule has 0 rings (SSSR count). The molecule has 0 saturated carbocycles. The molecule has 0 spiro atoms. The lowest BCUT2D eigenvalue weighted by Gasteiger charge is -2.37. The predicted molar refractivity (Wildman–Crippen MR) is 80.3 cm³/mol. The molecule has 0 bridgehead atoms. The van der Waals surface area contributed by atoms with E-state index in [1.54, 1.807) is 0 Å². The van der Waals surface area contributed by atoms with E-state index in [1.807, 2.05) is 41.5 Å². The van der Waals surface area contributed by atoms with Crippen molar-refractivity contribution < 1.29 is 14.7 Å². The Labute approximate surface area is 122 Å². The number of nitrogens with one attached hydrogen (secondary N) is 1. The van der Waals surface area contributed by atoms with Gasteiger partial charge in [-0.2, -0.15) is 0 Å². The summed E-state index contributed by atoms with van der Waals surface area (Å²) in [5.41, 5.74) is 4.67.